The van der Waals surface area contributed by atoms with Gasteiger partial charge in [0.05, 0.1) is 32.6 Å². The molecule has 7 nitrogen and oxygen atoms in total. The van der Waals surface area contributed by atoms with E-state index in [2.05, 4.69) is 29.5 Å². The zero-order valence-electron chi connectivity index (χ0n) is 16.3. The molecule has 0 aliphatic carbocycles. The molecule has 2 N–H and O–H groups in total. The second-order valence-electron chi connectivity index (χ2n) is 7.17. The van der Waals surface area contributed by atoms with Crippen molar-refractivity contribution in [3.8, 4) is 0 Å². The quantitative estimate of drug-likeness (QED) is 0.644. The van der Waals surface area contributed by atoms with Crippen LogP contribution < -0.4 is 10.6 Å². The summed E-state index contributed by atoms with van der Waals surface area (Å²) in [5.74, 6) is -0.583. The number of rotatable bonds is 4. The summed E-state index contributed by atoms with van der Waals surface area (Å²) in [7, 11) is -3.90. The van der Waals surface area contributed by atoms with Crippen molar-refractivity contribution in [2.75, 3.05) is 5.32 Å². The van der Waals surface area contributed by atoms with Crippen LogP contribution in [0.25, 0.3) is 0 Å². The number of benzene rings is 2. The van der Waals surface area contributed by atoms with Crippen molar-refractivity contribution in [2.45, 2.75) is 36.1 Å². The monoisotopic (exact) mass is 441 g/mol. The average Bonchev–Trinajstić information content (AvgIpc) is 3.18. The summed E-state index contributed by atoms with van der Waals surface area (Å²) in [6.07, 6.45) is 1.74. The third-order valence-electron chi connectivity index (χ3n) is 4.69. The van der Waals surface area contributed by atoms with Gasteiger partial charge in [0.25, 0.3) is 11.8 Å². The van der Waals surface area contributed by atoms with Crippen LogP contribution in [0.5, 0.6) is 0 Å². The molecule has 2 amide bonds. The number of aromatic nitrogens is 1. The number of thiazole rings is 1. The first-order chi connectivity index (χ1) is 14.3. The number of hydrogen-bond donors (Lipinski definition) is 2. The number of nitrogens with zero attached hydrogens (tertiary/aromatic N) is 1. The van der Waals surface area contributed by atoms with Crippen molar-refractivity contribution in [1.82, 2.24) is 10.3 Å². The van der Waals surface area contributed by atoms with Gasteiger partial charge in [0.2, 0.25) is 9.84 Å². The lowest BCUT2D eigenvalue weighted by atomic mass is 10.1. The third-order valence-corrected chi connectivity index (χ3v) is 7.86. The Hall–Kier alpha value is -3.04. The van der Waals surface area contributed by atoms with E-state index in [4.69, 9.17) is 0 Å². The maximum atomic E-state index is 13.0. The third kappa shape index (κ3) is 3.61. The molecule has 1 aromatic heterocycles. The smallest absolute Gasteiger partial charge is 0.257 e. The lowest BCUT2D eigenvalue weighted by Crippen LogP contribution is -2.22. The Morgan fingerprint density at radius 3 is 2.67 bits per heavy atom. The van der Waals surface area contributed by atoms with Gasteiger partial charge >= 0.3 is 0 Å². The fourth-order valence-electron chi connectivity index (χ4n) is 3.14. The van der Waals surface area contributed by atoms with E-state index in [0.717, 1.165) is 9.88 Å². The van der Waals surface area contributed by atoms with E-state index in [1.54, 1.807) is 18.3 Å². The molecule has 2 aromatic carbocycles. The topological polar surface area (TPSA) is 105 Å². The van der Waals surface area contributed by atoms with Crippen molar-refractivity contribution in [1.29, 1.82) is 0 Å². The molecule has 3 aromatic rings. The van der Waals surface area contributed by atoms with Gasteiger partial charge in [-0.3, -0.25) is 9.59 Å². The van der Waals surface area contributed by atoms with E-state index in [0.29, 0.717) is 12.5 Å². The van der Waals surface area contributed by atoms with Crippen molar-refractivity contribution >= 4 is 38.7 Å². The summed E-state index contributed by atoms with van der Waals surface area (Å²) in [5.41, 5.74) is 0.415. The Balaban J connectivity index is 1.60. The van der Waals surface area contributed by atoms with Crippen molar-refractivity contribution in [3.05, 3.63) is 69.7 Å². The zero-order chi connectivity index (χ0) is 21.5. The van der Waals surface area contributed by atoms with Crippen LogP contribution in [0.3, 0.4) is 0 Å². The van der Waals surface area contributed by atoms with Gasteiger partial charge in [0.1, 0.15) is 0 Å². The largest absolute Gasteiger partial charge is 0.347 e. The molecule has 4 rings (SSSR count). The van der Waals surface area contributed by atoms with Crippen LogP contribution in [-0.4, -0.2) is 25.2 Å². The molecule has 0 saturated heterocycles. The standard InChI is InChI=1S/C21H19N3O4S2/c1-12(2)21-23-11-14(29-21)10-22-19(25)13-7-8-18-16(9-13)24-20(26)15-5-3-4-6-17(15)30(18,27)28/h3-9,11-12H,10H2,1-2H3,(H,22,25)(H,24,26). The minimum absolute atomic E-state index is 0.0404. The SMILES string of the molecule is CC(C)c1ncc(CNC(=O)c2ccc3c(c2)NC(=O)c2ccccc2S3(=O)=O)s1. The van der Waals surface area contributed by atoms with Gasteiger partial charge in [0.15, 0.2) is 0 Å². The predicted octanol–water partition coefficient (Wildman–Crippen LogP) is 3.60. The molecule has 1 aliphatic rings. The molecule has 0 saturated carbocycles. The summed E-state index contributed by atoms with van der Waals surface area (Å²) in [6, 6.07) is 10.2. The molecule has 2 heterocycles. The Bertz CT molecular complexity index is 1260. The minimum atomic E-state index is -3.90. The lowest BCUT2D eigenvalue weighted by Gasteiger charge is -2.10. The first-order valence-electron chi connectivity index (χ1n) is 9.29. The Morgan fingerprint density at radius 1 is 1.17 bits per heavy atom. The minimum Gasteiger partial charge on any atom is -0.347 e. The molecule has 0 unspecified atom stereocenters. The van der Waals surface area contributed by atoms with Crippen molar-refractivity contribution in [2.24, 2.45) is 0 Å². The highest BCUT2D eigenvalue weighted by molar-refractivity contribution is 7.91. The van der Waals surface area contributed by atoms with Gasteiger partial charge in [-0.05, 0) is 30.3 Å². The molecule has 30 heavy (non-hydrogen) atoms. The molecule has 1 aliphatic heterocycles. The van der Waals surface area contributed by atoms with Gasteiger partial charge in [0, 0.05) is 22.6 Å². The van der Waals surface area contributed by atoms with Gasteiger partial charge in [-0.15, -0.1) is 11.3 Å². The number of carbonyl (C=O) groups excluding carboxylic acids is 2. The summed E-state index contributed by atoms with van der Waals surface area (Å²) in [4.78, 5) is 30.3. The molecule has 154 valence electrons. The van der Waals surface area contributed by atoms with Crippen LogP contribution in [0.4, 0.5) is 5.69 Å². The van der Waals surface area contributed by atoms with E-state index in [1.165, 1.54) is 41.7 Å². The van der Waals surface area contributed by atoms with Crippen LogP contribution in [-0.2, 0) is 16.4 Å². The Morgan fingerprint density at radius 2 is 1.93 bits per heavy atom. The number of hydrogen-bond acceptors (Lipinski definition) is 6. The number of amides is 2. The molecule has 0 atom stereocenters. The maximum Gasteiger partial charge on any atom is 0.257 e. The lowest BCUT2D eigenvalue weighted by molar-refractivity contribution is 0.0949. The van der Waals surface area contributed by atoms with E-state index < -0.39 is 15.7 Å². The van der Waals surface area contributed by atoms with Gasteiger partial charge < -0.3 is 10.6 Å². The molecule has 0 fully saturated rings. The maximum absolute atomic E-state index is 13.0. The van der Waals surface area contributed by atoms with Crippen LogP contribution in [0.1, 0.15) is 50.4 Å². The van der Waals surface area contributed by atoms with Crippen molar-refractivity contribution in [3.63, 3.8) is 0 Å². The first kappa shape index (κ1) is 20.2. The number of carbonyl (C=O) groups is 2. The molecule has 9 heteroatoms. The molecular formula is C21H19N3O4S2. The predicted molar refractivity (Wildman–Crippen MR) is 114 cm³/mol. The van der Waals surface area contributed by atoms with Crippen LogP contribution in [0, 0.1) is 0 Å². The van der Waals surface area contributed by atoms with Crippen molar-refractivity contribution < 1.29 is 18.0 Å². The highest BCUT2D eigenvalue weighted by Crippen LogP contribution is 2.34. The number of anilines is 1. The van der Waals surface area contributed by atoms with E-state index in [9.17, 15) is 18.0 Å². The fraction of sp³-hybridized carbons (Fsp3) is 0.190. The summed E-state index contributed by atoms with van der Waals surface area (Å²) < 4.78 is 26.0. The first-order valence-corrected chi connectivity index (χ1v) is 11.6. The average molecular weight is 442 g/mol. The van der Waals surface area contributed by atoms with Gasteiger partial charge in [-0.1, -0.05) is 26.0 Å². The highest BCUT2D eigenvalue weighted by atomic mass is 32.2. The molecule has 0 spiro atoms. The molecule has 0 radical (unpaired) electrons. The van der Waals surface area contributed by atoms with Crippen LogP contribution in [0.15, 0.2) is 58.5 Å². The number of sulfone groups is 1. The molecular weight excluding hydrogens is 422 g/mol. The van der Waals surface area contributed by atoms with Crippen LogP contribution in [0.2, 0.25) is 0 Å². The fourth-order valence-corrected chi connectivity index (χ4v) is 5.59. The van der Waals surface area contributed by atoms with E-state index in [1.807, 2.05) is 0 Å². The second-order valence-corrected chi connectivity index (χ2v) is 10.2. The van der Waals surface area contributed by atoms with Crippen LogP contribution >= 0.6 is 11.3 Å². The summed E-state index contributed by atoms with van der Waals surface area (Å²) >= 11 is 1.53. The Kier molecular flexibility index (Phi) is 5.17. The molecule has 0 bridgehead atoms. The summed E-state index contributed by atoms with van der Waals surface area (Å²) in [5, 5.41) is 6.42. The highest BCUT2D eigenvalue weighted by Gasteiger charge is 2.31. The number of fused-ring (bicyclic) bond motifs is 2. The summed E-state index contributed by atoms with van der Waals surface area (Å²) in [6.45, 7) is 4.42. The zero-order valence-corrected chi connectivity index (χ0v) is 17.9. The van der Waals surface area contributed by atoms with E-state index >= 15 is 0 Å². The van der Waals surface area contributed by atoms with Gasteiger partial charge in [-0.25, -0.2) is 13.4 Å². The van der Waals surface area contributed by atoms with Gasteiger partial charge in [-0.2, -0.15) is 0 Å². The Labute approximate surface area is 178 Å². The second kappa shape index (κ2) is 7.66. The van der Waals surface area contributed by atoms with E-state index in [-0.39, 0.29) is 32.5 Å². The number of nitrogens with one attached hydrogen (secondary N) is 2. The normalized spacial score (nSPS) is 14.4.